The summed E-state index contributed by atoms with van der Waals surface area (Å²) >= 11 is 0. The Morgan fingerprint density at radius 1 is 1.14 bits per heavy atom. The van der Waals surface area contributed by atoms with E-state index < -0.39 is 6.03 Å². The highest BCUT2D eigenvalue weighted by Crippen LogP contribution is 2.32. The van der Waals surface area contributed by atoms with Crippen molar-refractivity contribution < 1.29 is 28.6 Å². The molecule has 1 aromatic carbocycles. The van der Waals surface area contributed by atoms with E-state index in [1.807, 2.05) is 0 Å². The standard InChI is InChI=1S/C20H27N3O6/c1-2-27-19(25)14-5-8-23(9-6-14)10-7-18(24)22-20(26)21-15-3-4-16-17(13-15)29-12-11-28-16/h3-4,13-14H,2,5-12H2,1H3,(H2,21,22,24,26). The lowest BCUT2D eigenvalue weighted by Gasteiger charge is -2.30. The second kappa shape index (κ2) is 10.1. The maximum atomic E-state index is 12.1. The van der Waals surface area contributed by atoms with E-state index in [9.17, 15) is 14.4 Å². The summed E-state index contributed by atoms with van der Waals surface area (Å²) in [6, 6.07) is 4.47. The van der Waals surface area contributed by atoms with E-state index in [4.69, 9.17) is 14.2 Å². The number of carbonyl (C=O) groups excluding carboxylic acids is 3. The summed E-state index contributed by atoms with van der Waals surface area (Å²) < 4.78 is 16.0. The van der Waals surface area contributed by atoms with Gasteiger partial charge >= 0.3 is 12.0 Å². The maximum absolute atomic E-state index is 12.1. The SMILES string of the molecule is CCOC(=O)C1CCN(CCC(=O)NC(=O)Nc2ccc3c(c2)OCCO3)CC1. The molecule has 1 fully saturated rings. The zero-order valence-corrected chi connectivity index (χ0v) is 16.6. The maximum Gasteiger partial charge on any atom is 0.325 e. The van der Waals surface area contributed by atoms with Crippen LogP contribution >= 0.6 is 0 Å². The summed E-state index contributed by atoms with van der Waals surface area (Å²) in [5.41, 5.74) is 0.514. The van der Waals surface area contributed by atoms with E-state index in [-0.39, 0.29) is 24.2 Å². The van der Waals surface area contributed by atoms with E-state index in [0.717, 1.165) is 25.9 Å². The number of urea groups is 1. The number of nitrogens with zero attached hydrogens (tertiary/aromatic N) is 1. The van der Waals surface area contributed by atoms with Crippen molar-refractivity contribution in [3.8, 4) is 11.5 Å². The van der Waals surface area contributed by atoms with Crippen molar-refractivity contribution in [3.05, 3.63) is 18.2 Å². The number of fused-ring (bicyclic) bond motifs is 1. The van der Waals surface area contributed by atoms with Crippen LogP contribution in [0.4, 0.5) is 10.5 Å². The van der Waals surface area contributed by atoms with Crippen LogP contribution in [0.15, 0.2) is 18.2 Å². The van der Waals surface area contributed by atoms with E-state index in [2.05, 4.69) is 15.5 Å². The second-order valence-electron chi connectivity index (χ2n) is 6.98. The number of esters is 1. The summed E-state index contributed by atoms with van der Waals surface area (Å²) in [4.78, 5) is 38.0. The normalized spacial score (nSPS) is 16.7. The van der Waals surface area contributed by atoms with Crippen molar-refractivity contribution in [1.82, 2.24) is 10.2 Å². The number of benzene rings is 1. The minimum Gasteiger partial charge on any atom is -0.486 e. The monoisotopic (exact) mass is 405 g/mol. The number of rotatable bonds is 6. The summed E-state index contributed by atoms with van der Waals surface area (Å²) in [6.07, 6.45) is 1.66. The molecule has 2 aliphatic rings. The molecule has 0 saturated carbocycles. The van der Waals surface area contributed by atoms with E-state index in [0.29, 0.717) is 43.6 Å². The molecule has 3 amide bonds. The van der Waals surface area contributed by atoms with Crippen molar-refractivity contribution >= 4 is 23.6 Å². The molecular formula is C20H27N3O6. The molecule has 2 aliphatic heterocycles. The third-order valence-corrected chi connectivity index (χ3v) is 4.92. The van der Waals surface area contributed by atoms with Crippen LogP contribution in [-0.2, 0) is 14.3 Å². The summed E-state index contributed by atoms with van der Waals surface area (Å²) in [7, 11) is 0. The Labute approximate surface area is 169 Å². The number of imide groups is 1. The van der Waals surface area contributed by atoms with Crippen molar-refractivity contribution in [3.63, 3.8) is 0 Å². The van der Waals surface area contributed by atoms with Crippen molar-refractivity contribution in [2.45, 2.75) is 26.2 Å². The Hall–Kier alpha value is -2.81. The lowest BCUT2D eigenvalue weighted by Crippen LogP contribution is -2.40. The number of hydrogen-bond acceptors (Lipinski definition) is 7. The fourth-order valence-electron chi connectivity index (χ4n) is 3.38. The lowest BCUT2D eigenvalue weighted by molar-refractivity contribution is -0.149. The predicted octanol–water partition coefficient (Wildman–Crippen LogP) is 1.77. The third kappa shape index (κ3) is 6.08. The number of hydrogen-bond donors (Lipinski definition) is 2. The van der Waals surface area contributed by atoms with Crippen LogP contribution in [0.3, 0.4) is 0 Å². The smallest absolute Gasteiger partial charge is 0.325 e. The topological polar surface area (TPSA) is 106 Å². The average Bonchev–Trinajstić information content (AvgIpc) is 2.72. The van der Waals surface area contributed by atoms with E-state index >= 15 is 0 Å². The summed E-state index contributed by atoms with van der Waals surface area (Å²) in [6.45, 7) is 5.16. The zero-order chi connectivity index (χ0) is 20.6. The molecule has 158 valence electrons. The fraction of sp³-hybridized carbons (Fsp3) is 0.550. The van der Waals surface area contributed by atoms with Gasteiger partial charge in [0.05, 0.1) is 12.5 Å². The first-order valence-electron chi connectivity index (χ1n) is 9.94. The first-order valence-corrected chi connectivity index (χ1v) is 9.94. The first kappa shape index (κ1) is 20.9. The van der Waals surface area contributed by atoms with Gasteiger partial charge in [0, 0.05) is 24.7 Å². The van der Waals surface area contributed by atoms with Gasteiger partial charge < -0.3 is 24.4 Å². The number of piperidine rings is 1. The molecule has 2 N–H and O–H groups in total. The quantitative estimate of drug-likeness (QED) is 0.695. The van der Waals surface area contributed by atoms with Gasteiger partial charge in [0.25, 0.3) is 0 Å². The number of anilines is 1. The van der Waals surface area contributed by atoms with Gasteiger partial charge in [-0.1, -0.05) is 0 Å². The van der Waals surface area contributed by atoms with Crippen LogP contribution in [0, 0.1) is 5.92 Å². The average molecular weight is 405 g/mol. The highest BCUT2D eigenvalue weighted by Gasteiger charge is 2.26. The molecule has 0 spiro atoms. The number of likely N-dealkylation sites (tertiary alicyclic amines) is 1. The minimum absolute atomic E-state index is 0.0585. The van der Waals surface area contributed by atoms with Crippen molar-refractivity contribution in [1.29, 1.82) is 0 Å². The van der Waals surface area contributed by atoms with E-state index in [1.165, 1.54) is 0 Å². The van der Waals surface area contributed by atoms with Crippen LogP contribution in [0.25, 0.3) is 0 Å². The first-order chi connectivity index (χ1) is 14.0. The number of ether oxygens (including phenoxy) is 3. The van der Waals surface area contributed by atoms with Crippen LogP contribution in [0.1, 0.15) is 26.2 Å². The Morgan fingerprint density at radius 2 is 1.86 bits per heavy atom. The highest BCUT2D eigenvalue weighted by molar-refractivity contribution is 6.01. The molecule has 1 aromatic rings. The molecule has 0 bridgehead atoms. The molecule has 0 aliphatic carbocycles. The molecule has 0 radical (unpaired) electrons. The van der Waals surface area contributed by atoms with Crippen molar-refractivity contribution in [2.24, 2.45) is 5.92 Å². The second-order valence-corrected chi connectivity index (χ2v) is 6.98. The molecule has 29 heavy (non-hydrogen) atoms. The molecule has 9 heteroatoms. The van der Waals surface area contributed by atoms with Crippen LogP contribution in [0.5, 0.6) is 11.5 Å². The van der Waals surface area contributed by atoms with Gasteiger partial charge in [-0.2, -0.15) is 0 Å². The zero-order valence-electron chi connectivity index (χ0n) is 16.6. The Bertz CT molecular complexity index is 746. The van der Waals surface area contributed by atoms with Gasteiger partial charge in [0.15, 0.2) is 11.5 Å². The van der Waals surface area contributed by atoms with Gasteiger partial charge in [-0.05, 0) is 45.0 Å². The number of nitrogens with one attached hydrogen (secondary N) is 2. The summed E-state index contributed by atoms with van der Waals surface area (Å²) in [5.74, 6) is 0.640. The lowest BCUT2D eigenvalue weighted by atomic mass is 9.97. The molecule has 1 saturated heterocycles. The number of carbonyl (C=O) groups is 3. The summed E-state index contributed by atoms with van der Waals surface area (Å²) in [5, 5.41) is 4.95. The van der Waals surface area contributed by atoms with Gasteiger partial charge in [0.2, 0.25) is 5.91 Å². The highest BCUT2D eigenvalue weighted by atomic mass is 16.6. The molecule has 2 heterocycles. The predicted molar refractivity (Wildman–Crippen MR) is 105 cm³/mol. The minimum atomic E-state index is -0.590. The molecule has 0 aromatic heterocycles. The van der Waals surface area contributed by atoms with Gasteiger partial charge in [-0.15, -0.1) is 0 Å². The van der Waals surface area contributed by atoms with Crippen molar-refractivity contribution in [2.75, 3.05) is 44.8 Å². The molecule has 0 unspecified atom stereocenters. The Balaban J connectivity index is 1.36. The van der Waals surface area contributed by atoms with Crippen LogP contribution in [-0.4, -0.2) is 62.3 Å². The Morgan fingerprint density at radius 3 is 2.59 bits per heavy atom. The number of amides is 3. The van der Waals surface area contributed by atoms with Gasteiger partial charge in [-0.25, -0.2) is 4.79 Å². The molecule has 3 rings (SSSR count). The van der Waals surface area contributed by atoms with Crippen LogP contribution < -0.4 is 20.1 Å². The van der Waals surface area contributed by atoms with Gasteiger partial charge in [0.1, 0.15) is 13.2 Å². The molecular weight excluding hydrogens is 378 g/mol. The van der Waals surface area contributed by atoms with E-state index in [1.54, 1.807) is 25.1 Å². The Kier molecular flexibility index (Phi) is 7.29. The van der Waals surface area contributed by atoms with Crippen LogP contribution in [0.2, 0.25) is 0 Å². The fourth-order valence-corrected chi connectivity index (χ4v) is 3.38. The largest absolute Gasteiger partial charge is 0.486 e. The molecule has 9 nitrogen and oxygen atoms in total. The van der Waals surface area contributed by atoms with Gasteiger partial charge in [-0.3, -0.25) is 14.9 Å². The third-order valence-electron chi connectivity index (χ3n) is 4.92. The molecule has 0 atom stereocenters.